The van der Waals surface area contributed by atoms with Gasteiger partial charge in [-0.15, -0.1) is 0 Å². The fourth-order valence-electron chi connectivity index (χ4n) is 4.52. The summed E-state index contributed by atoms with van der Waals surface area (Å²) in [4.78, 5) is 42.3. The summed E-state index contributed by atoms with van der Waals surface area (Å²) in [5.41, 5.74) is 0.818. The van der Waals surface area contributed by atoms with Crippen LogP contribution in [0.1, 0.15) is 47.4 Å². The number of hydrogen-bond donors (Lipinski definition) is 1. The summed E-state index contributed by atoms with van der Waals surface area (Å²) >= 11 is 0. The van der Waals surface area contributed by atoms with Crippen molar-refractivity contribution in [3.8, 4) is 5.75 Å². The minimum Gasteiger partial charge on any atom is -0.491 e. The maximum atomic E-state index is 14.5. The molecule has 0 radical (unpaired) electrons. The Bertz CT molecular complexity index is 1170. The molecular weight excluding hydrogens is 477 g/mol. The second-order valence-corrected chi connectivity index (χ2v) is 10.0. The van der Waals surface area contributed by atoms with Gasteiger partial charge in [0.15, 0.2) is 0 Å². The number of benzene rings is 2. The Labute approximate surface area is 216 Å². The zero-order valence-electron chi connectivity index (χ0n) is 21.7. The zero-order chi connectivity index (χ0) is 26.7. The summed E-state index contributed by atoms with van der Waals surface area (Å²) in [7, 11) is 3.25. The lowest BCUT2D eigenvalue weighted by Crippen LogP contribution is -2.48. The first kappa shape index (κ1) is 26.6. The third-order valence-corrected chi connectivity index (χ3v) is 7.03. The van der Waals surface area contributed by atoms with E-state index >= 15 is 0 Å². The van der Waals surface area contributed by atoms with Crippen LogP contribution in [-0.2, 0) is 9.53 Å². The molecule has 2 aromatic rings. The highest BCUT2D eigenvalue weighted by molar-refractivity contribution is 6.00. The number of anilines is 1. The normalized spacial score (nSPS) is 22.8. The molecule has 0 spiro atoms. The van der Waals surface area contributed by atoms with Crippen molar-refractivity contribution in [3.05, 3.63) is 59.4 Å². The van der Waals surface area contributed by atoms with Crippen molar-refractivity contribution in [1.82, 2.24) is 9.80 Å². The van der Waals surface area contributed by atoms with Crippen LogP contribution >= 0.6 is 0 Å². The molecule has 0 bridgehead atoms. The van der Waals surface area contributed by atoms with Crippen molar-refractivity contribution in [1.29, 1.82) is 0 Å². The minimum atomic E-state index is -0.584. The number of halogens is 1. The first-order valence-electron chi connectivity index (χ1n) is 12.6. The molecule has 0 unspecified atom stereocenters. The van der Waals surface area contributed by atoms with Crippen molar-refractivity contribution in [2.45, 2.75) is 38.8 Å². The lowest BCUT2D eigenvalue weighted by atomic mass is 10.0. The van der Waals surface area contributed by atoms with Crippen molar-refractivity contribution in [3.63, 3.8) is 0 Å². The van der Waals surface area contributed by atoms with Gasteiger partial charge in [-0.2, -0.15) is 0 Å². The van der Waals surface area contributed by atoms with Gasteiger partial charge in [0.25, 0.3) is 11.8 Å². The van der Waals surface area contributed by atoms with Gasteiger partial charge < -0.3 is 24.6 Å². The molecule has 9 heteroatoms. The van der Waals surface area contributed by atoms with Gasteiger partial charge in [0.1, 0.15) is 18.2 Å². The van der Waals surface area contributed by atoms with Crippen LogP contribution in [0.3, 0.4) is 0 Å². The smallest absolute Gasteiger partial charge is 0.257 e. The number of amides is 3. The Morgan fingerprint density at radius 2 is 1.84 bits per heavy atom. The molecule has 0 aromatic heterocycles. The minimum absolute atomic E-state index is 0.00801. The monoisotopic (exact) mass is 511 g/mol. The number of likely N-dealkylation sites (N-methyl/N-ethyl adjacent to an activating group) is 1. The molecule has 1 aliphatic carbocycles. The second kappa shape index (κ2) is 11.3. The highest BCUT2D eigenvalue weighted by Gasteiger charge is 2.32. The van der Waals surface area contributed by atoms with E-state index in [9.17, 15) is 18.8 Å². The molecule has 37 heavy (non-hydrogen) atoms. The average Bonchev–Trinajstić information content (AvgIpc) is 3.74. The van der Waals surface area contributed by atoms with Crippen molar-refractivity contribution < 1.29 is 28.2 Å². The number of nitrogens with zero attached hydrogens (tertiary/aromatic N) is 2. The summed E-state index contributed by atoms with van der Waals surface area (Å²) in [5.74, 6) is -1.14. The SMILES string of the molecule is CO[C@@H]1CN(C)C(=O)c2cc(NC(=O)C3CC3)ccc2OC[C@@H](C)N(C(=O)c2ccccc2F)C[C@H]1C. The predicted octanol–water partition coefficient (Wildman–Crippen LogP) is 3.82. The molecule has 1 saturated carbocycles. The average molecular weight is 512 g/mol. The standard InChI is InChI=1S/C28H34FN3O5/c1-17-14-32(28(35)21-7-5-6-8-23(21)29)18(2)16-37-24-12-11-20(30-26(33)19-9-10-19)13-22(24)27(34)31(3)15-25(17)36-4/h5-8,11-13,17-19,25H,9-10,14-16H2,1-4H3,(H,30,33)/t17-,18-,25-/m1/s1. The molecular formula is C28H34FN3O5. The number of methoxy groups -OCH3 is 1. The Morgan fingerprint density at radius 1 is 1.11 bits per heavy atom. The predicted molar refractivity (Wildman–Crippen MR) is 137 cm³/mol. The first-order valence-corrected chi connectivity index (χ1v) is 12.6. The molecule has 1 heterocycles. The summed E-state index contributed by atoms with van der Waals surface area (Å²) in [6.45, 7) is 4.41. The van der Waals surface area contributed by atoms with Gasteiger partial charge in [-0.1, -0.05) is 19.1 Å². The van der Waals surface area contributed by atoms with Crippen LogP contribution in [0.15, 0.2) is 42.5 Å². The van der Waals surface area contributed by atoms with E-state index in [1.54, 1.807) is 54.3 Å². The van der Waals surface area contributed by atoms with Crippen LogP contribution in [0.2, 0.25) is 0 Å². The van der Waals surface area contributed by atoms with E-state index in [2.05, 4.69) is 5.32 Å². The van der Waals surface area contributed by atoms with Gasteiger partial charge in [0, 0.05) is 44.8 Å². The number of nitrogens with one attached hydrogen (secondary N) is 1. The number of rotatable bonds is 4. The van der Waals surface area contributed by atoms with E-state index in [-0.39, 0.29) is 55.0 Å². The van der Waals surface area contributed by atoms with E-state index in [1.807, 2.05) is 13.8 Å². The van der Waals surface area contributed by atoms with Crippen LogP contribution in [0.5, 0.6) is 5.75 Å². The Morgan fingerprint density at radius 3 is 2.51 bits per heavy atom. The fourth-order valence-corrected chi connectivity index (χ4v) is 4.52. The third-order valence-electron chi connectivity index (χ3n) is 7.03. The van der Waals surface area contributed by atoms with Gasteiger partial charge in [0.2, 0.25) is 5.91 Å². The molecule has 0 saturated heterocycles. The Hall–Kier alpha value is -3.46. The second-order valence-electron chi connectivity index (χ2n) is 10.0. The lowest BCUT2D eigenvalue weighted by molar-refractivity contribution is -0.117. The summed E-state index contributed by atoms with van der Waals surface area (Å²) < 4.78 is 26.3. The quantitative estimate of drug-likeness (QED) is 0.674. The number of hydrogen-bond acceptors (Lipinski definition) is 5. The van der Waals surface area contributed by atoms with Gasteiger partial charge in [-0.3, -0.25) is 14.4 Å². The van der Waals surface area contributed by atoms with Crippen LogP contribution in [0.25, 0.3) is 0 Å². The molecule has 1 aliphatic heterocycles. The maximum Gasteiger partial charge on any atom is 0.257 e. The third kappa shape index (κ3) is 6.10. The molecule has 3 amide bonds. The molecule has 1 N–H and O–H groups in total. The van der Waals surface area contributed by atoms with E-state index in [4.69, 9.17) is 9.47 Å². The number of ether oxygens (including phenoxy) is 2. The van der Waals surface area contributed by atoms with E-state index in [0.717, 1.165) is 12.8 Å². The molecule has 198 valence electrons. The molecule has 4 rings (SSSR count). The van der Waals surface area contributed by atoms with E-state index in [0.29, 0.717) is 17.0 Å². The van der Waals surface area contributed by atoms with Crippen LogP contribution < -0.4 is 10.1 Å². The van der Waals surface area contributed by atoms with Crippen LogP contribution in [0, 0.1) is 17.7 Å². The number of fused-ring (bicyclic) bond motifs is 1. The van der Waals surface area contributed by atoms with Gasteiger partial charge >= 0.3 is 0 Å². The van der Waals surface area contributed by atoms with Crippen molar-refractivity contribution in [2.75, 3.05) is 39.2 Å². The summed E-state index contributed by atoms with van der Waals surface area (Å²) in [6.07, 6.45) is 1.37. The molecule has 2 aliphatic rings. The van der Waals surface area contributed by atoms with Gasteiger partial charge in [-0.05, 0) is 50.1 Å². The molecule has 2 aromatic carbocycles. The molecule has 1 fully saturated rings. The topological polar surface area (TPSA) is 88.2 Å². The number of carbonyl (C=O) groups excluding carboxylic acids is 3. The lowest BCUT2D eigenvalue weighted by Gasteiger charge is -2.36. The summed E-state index contributed by atoms with van der Waals surface area (Å²) in [6, 6.07) is 10.5. The van der Waals surface area contributed by atoms with Gasteiger partial charge in [0.05, 0.1) is 23.3 Å². The van der Waals surface area contributed by atoms with Crippen LogP contribution in [-0.4, -0.2) is 73.5 Å². The Balaban J connectivity index is 1.66. The number of carbonyl (C=O) groups is 3. The Kier molecular flexibility index (Phi) is 8.12. The van der Waals surface area contributed by atoms with Crippen LogP contribution in [0.4, 0.5) is 10.1 Å². The van der Waals surface area contributed by atoms with Gasteiger partial charge in [-0.25, -0.2) is 4.39 Å². The van der Waals surface area contributed by atoms with E-state index in [1.165, 1.54) is 12.1 Å². The molecule has 3 atom stereocenters. The van der Waals surface area contributed by atoms with Crippen molar-refractivity contribution in [2.24, 2.45) is 11.8 Å². The largest absolute Gasteiger partial charge is 0.491 e. The summed E-state index contributed by atoms with van der Waals surface area (Å²) in [5, 5.41) is 2.88. The highest BCUT2D eigenvalue weighted by atomic mass is 19.1. The molecule has 8 nitrogen and oxygen atoms in total. The first-order chi connectivity index (χ1) is 17.7. The zero-order valence-corrected chi connectivity index (χ0v) is 21.7. The highest BCUT2D eigenvalue weighted by Crippen LogP contribution is 2.32. The van der Waals surface area contributed by atoms with E-state index < -0.39 is 17.8 Å². The maximum absolute atomic E-state index is 14.5. The van der Waals surface area contributed by atoms with Crippen molar-refractivity contribution >= 4 is 23.4 Å². The fraction of sp³-hybridized carbons (Fsp3) is 0.464.